The van der Waals surface area contributed by atoms with E-state index in [0.29, 0.717) is 12.8 Å². The van der Waals surface area contributed by atoms with Crippen molar-refractivity contribution in [3.8, 4) is 0 Å². The number of hydrogen-bond acceptors (Lipinski definition) is 2. The number of imide groups is 1. The Bertz CT molecular complexity index is 138. The summed E-state index contributed by atoms with van der Waals surface area (Å²) in [5, 5.41) is 2.30. The van der Waals surface area contributed by atoms with E-state index >= 15 is 0 Å². The Morgan fingerprint density at radius 1 is 0.900 bits per heavy atom. The molecule has 0 atom stereocenters. The quantitative estimate of drug-likeness (QED) is 0.502. The Labute approximate surface area is 59.8 Å². The summed E-state index contributed by atoms with van der Waals surface area (Å²) in [5.41, 5.74) is 0. The van der Waals surface area contributed by atoms with Crippen molar-refractivity contribution in [3.63, 3.8) is 0 Å². The highest BCUT2D eigenvalue weighted by molar-refractivity contribution is 5.95. The van der Waals surface area contributed by atoms with Crippen LogP contribution in [0.25, 0.3) is 0 Å². The summed E-state index contributed by atoms with van der Waals surface area (Å²) in [7, 11) is 0. The molecule has 0 saturated carbocycles. The van der Waals surface area contributed by atoms with Crippen LogP contribution in [0.2, 0.25) is 0 Å². The maximum Gasteiger partial charge on any atom is 0.226 e. The Morgan fingerprint density at radius 3 is 1.90 bits per heavy atom. The van der Waals surface area contributed by atoms with Gasteiger partial charge in [-0.15, -0.1) is 0 Å². The fraction of sp³-hybridized carbons (Fsp3) is 0.714. The van der Waals surface area contributed by atoms with Crippen molar-refractivity contribution in [2.45, 2.75) is 32.1 Å². The number of nitrogens with one attached hydrogen (secondary N) is 1. The second-order valence-corrected chi connectivity index (χ2v) is 2.53. The van der Waals surface area contributed by atoms with Gasteiger partial charge >= 0.3 is 0 Å². The summed E-state index contributed by atoms with van der Waals surface area (Å²) in [6.07, 6.45) is 3.84. The molecule has 3 heteroatoms. The van der Waals surface area contributed by atoms with E-state index in [9.17, 15) is 9.59 Å². The molecule has 2 amide bonds. The standard InChI is InChI=1S/C7H11NO2/c9-6-4-2-1-3-5-7(10)8-6/h1-5H2,(H,8,9,10). The molecule has 1 aliphatic rings. The minimum Gasteiger partial charge on any atom is -0.296 e. The maximum absolute atomic E-state index is 10.7. The summed E-state index contributed by atoms with van der Waals surface area (Å²) < 4.78 is 0. The van der Waals surface area contributed by atoms with E-state index in [-0.39, 0.29) is 11.8 Å². The van der Waals surface area contributed by atoms with Gasteiger partial charge in [-0.05, 0) is 12.8 Å². The molecule has 0 aromatic heterocycles. The van der Waals surface area contributed by atoms with E-state index < -0.39 is 0 Å². The second-order valence-electron chi connectivity index (χ2n) is 2.53. The zero-order valence-corrected chi connectivity index (χ0v) is 5.85. The first-order valence-corrected chi connectivity index (χ1v) is 3.62. The lowest BCUT2D eigenvalue weighted by molar-refractivity contribution is -0.131. The molecular formula is C7H11NO2. The minimum absolute atomic E-state index is 0.121. The molecule has 0 bridgehead atoms. The lowest BCUT2D eigenvalue weighted by Gasteiger charge is -2.07. The highest BCUT2D eigenvalue weighted by Gasteiger charge is 2.10. The largest absolute Gasteiger partial charge is 0.296 e. The molecule has 1 N–H and O–H groups in total. The normalized spacial score (nSPS) is 21.2. The van der Waals surface area contributed by atoms with Gasteiger partial charge in [0.25, 0.3) is 0 Å². The average molecular weight is 141 g/mol. The van der Waals surface area contributed by atoms with Crippen LogP contribution in [-0.4, -0.2) is 11.8 Å². The van der Waals surface area contributed by atoms with Crippen molar-refractivity contribution in [1.29, 1.82) is 0 Å². The van der Waals surface area contributed by atoms with Gasteiger partial charge in [0.15, 0.2) is 0 Å². The van der Waals surface area contributed by atoms with Crippen LogP contribution in [0.4, 0.5) is 0 Å². The van der Waals surface area contributed by atoms with Crippen LogP contribution in [0.5, 0.6) is 0 Å². The van der Waals surface area contributed by atoms with Gasteiger partial charge in [-0.2, -0.15) is 0 Å². The molecule has 0 aromatic rings. The second kappa shape index (κ2) is 3.34. The van der Waals surface area contributed by atoms with E-state index in [1.807, 2.05) is 0 Å². The van der Waals surface area contributed by atoms with Gasteiger partial charge in [-0.25, -0.2) is 0 Å². The summed E-state index contributed by atoms with van der Waals surface area (Å²) >= 11 is 0. The Hall–Kier alpha value is -0.860. The van der Waals surface area contributed by atoms with E-state index in [2.05, 4.69) is 5.32 Å². The van der Waals surface area contributed by atoms with Crippen molar-refractivity contribution >= 4 is 11.8 Å². The molecule has 0 aliphatic carbocycles. The van der Waals surface area contributed by atoms with Crippen molar-refractivity contribution in [2.24, 2.45) is 0 Å². The van der Waals surface area contributed by atoms with Gasteiger partial charge < -0.3 is 0 Å². The molecule has 56 valence electrons. The number of rotatable bonds is 0. The van der Waals surface area contributed by atoms with Crippen molar-refractivity contribution in [1.82, 2.24) is 5.32 Å². The molecule has 0 radical (unpaired) electrons. The molecule has 1 saturated heterocycles. The molecule has 10 heavy (non-hydrogen) atoms. The summed E-state index contributed by atoms with van der Waals surface area (Å²) in [5.74, 6) is -0.241. The minimum atomic E-state index is -0.121. The van der Waals surface area contributed by atoms with Gasteiger partial charge in [0.2, 0.25) is 11.8 Å². The van der Waals surface area contributed by atoms with Crippen LogP contribution < -0.4 is 5.32 Å². The Balaban J connectivity index is 2.40. The zero-order chi connectivity index (χ0) is 7.40. The van der Waals surface area contributed by atoms with E-state index in [0.717, 1.165) is 19.3 Å². The van der Waals surface area contributed by atoms with E-state index in [1.54, 1.807) is 0 Å². The highest BCUT2D eigenvalue weighted by Crippen LogP contribution is 2.05. The third-order valence-corrected chi connectivity index (χ3v) is 1.59. The van der Waals surface area contributed by atoms with Gasteiger partial charge in [0.1, 0.15) is 0 Å². The first-order chi connectivity index (χ1) is 4.79. The number of carbonyl (C=O) groups excluding carboxylic acids is 2. The van der Waals surface area contributed by atoms with Crippen molar-refractivity contribution in [2.75, 3.05) is 0 Å². The number of amides is 2. The average Bonchev–Trinajstić information content (AvgIpc) is 1.83. The maximum atomic E-state index is 10.7. The fourth-order valence-electron chi connectivity index (χ4n) is 1.03. The van der Waals surface area contributed by atoms with E-state index in [4.69, 9.17) is 0 Å². The molecule has 0 aromatic carbocycles. The lowest BCUT2D eigenvalue weighted by atomic mass is 10.1. The van der Waals surface area contributed by atoms with Crippen LogP contribution >= 0.6 is 0 Å². The van der Waals surface area contributed by atoms with Crippen molar-refractivity contribution < 1.29 is 9.59 Å². The first kappa shape index (κ1) is 7.25. The van der Waals surface area contributed by atoms with Gasteiger partial charge in [0.05, 0.1) is 0 Å². The van der Waals surface area contributed by atoms with Crippen LogP contribution in [0.1, 0.15) is 32.1 Å². The molecule has 1 rings (SSSR count). The fourth-order valence-corrected chi connectivity index (χ4v) is 1.03. The van der Waals surface area contributed by atoms with Crippen LogP contribution in [0.3, 0.4) is 0 Å². The Morgan fingerprint density at radius 2 is 1.40 bits per heavy atom. The number of hydrogen-bond donors (Lipinski definition) is 1. The highest BCUT2D eigenvalue weighted by atomic mass is 16.2. The third kappa shape index (κ3) is 2.17. The van der Waals surface area contributed by atoms with Gasteiger partial charge in [-0.3, -0.25) is 14.9 Å². The lowest BCUT2D eigenvalue weighted by Crippen LogP contribution is -2.31. The monoisotopic (exact) mass is 141 g/mol. The molecule has 1 heterocycles. The number of carbonyl (C=O) groups is 2. The molecule has 1 aliphatic heterocycles. The molecule has 1 fully saturated rings. The van der Waals surface area contributed by atoms with Gasteiger partial charge in [-0.1, -0.05) is 6.42 Å². The van der Waals surface area contributed by atoms with Gasteiger partial charge in [0, 0.05) is 12.8 Å². The zero-order valence-electron chi connectivity index (χ0n) is 5.85. The summed E-state index contributed by atoms with van der Waals surface area (Å²) in [6.45, 7) is 0. The van der Waals surface area contributed by atoms with Crippen LogP contribution in [0.15, 0.2) is 0 Å². The predicted molar refractivity (Wildman–Crippen MR) is 36.2 cm³/mol. The van der Waals surface area contributed by atoms with Crippen LogP contribution in [-0.2, 0) is 9.59 Å². The topological polar surface area (TPSA) is 46.2 Å². The van der Waals surface area contributed by atoms with Crippen molar-refractivity contribution in [3.05, 3.63) is 0 Å². The first-order valence-electron chi connectivity index (χ1n) is 3.62. The summed E-state index contributed by atoms with van der Waals surface area (Å²) in [4.78, 5) is 21.4. The smallest absolute Gasteiger partial charge is 0.226 e. The SMILES string of the molecule is O=C1CCCCCC(=O)N1. The Kier molecular flexibility index (Phi) is 2.42. The predicted octanol–water partition coefficient (Wildman–Crippen LogP) is 0.593. The molecule has 0 unspecified atom stereocenters. The van der Waals surface area contributed by atoms with Crippen LogP contribution in [0, 0.1) is 0 Å². The third-order valence-electron chi connectivity index (χ3n) is 1.59. The summed E-state index contributed by atoms with van der Waals surface area (Å²) in [6, 6.07) is 0. The molecule has 0 spiro atoms. The van der Waals surface area contributed by atoms with E-state index in [1.165, 1.54) is 0 Å². The molecular weight excluding hydrogens is 130 g/mol. The molecule has 3 nitrogen and oxygen atoms in total.